The van der Waals surface area contributed by atoms with E-state index in [2.05, 4.69) is 10.4 Å². The first-order chi connectivity index (χ1) is 13.1. The van der Waals surface area contributed by atoms with Crippen LogP contribution in [0.15, 0.2) is 71.5 Å². The van der Waals surface area contributed by atoms with Gasteiger partial charge in [-0.05, 0) is 30.7 Å². The molecule has 0 fully saturated rings. The van der Waals surface area contributed by atoms with Crippen molar-refractivity contribution in [2.24, 2.45) is 0 Å². The minimum absolute atomic E-state index is 0.196. The number of carbonyl (C=O) groups excluding carboxylic acids is 1. The van der Waals surface area contributed by atoms with Crippen molar-refractivity contribution < 1.29 is 9.53 Å². The molecule has 0 saturated heterocycles. The normalized spacial score (nSPS) is 10.4. The number of para-hydroxylation sites is 1. The Morgan fingerprint density at radius 1 is 1.04 bits per heavy atom. The van der Waals surface area contributed by atoms with Crippen LogP contribution in [-0.4, -0.2) is 22.3 Å². The second-order valence-corrected chi connectivity index (χ2v) is 6.11. The maximum absolute atomic E-state index is 12.3. The molecule has 1 N–H and O–H groups in total. The molecule has 0 saturated carbocycles. The summed E-state index contributed by atoms with van der Waals surface area (Å²) in [6, 6.07) is 20.0. The van der Waals surface area contributed by atoms with Gasteiger partial charge in [0.25, 0.3) is 11.5 Å². The molecular formula is C21H21N3O3. The summed E-state index contributed by atoms with van der Waals surface area (Å²) in [6.45, 7) is 2.95. The lowest BCUT2D eigenvalue weighted by atomic mass is 10.1. The summed E-state index contributed by atoms with van der Waals surface area (Å²) in [5.74, 6) is 0.394. The van der Waals surface area contributed by atoms with Crippen molar-refractivity contribution in [2.45, 2.75) is 20.0 Å². The van der Waals surface area contributed by atoms with Crippen LogP contribution < -0.4 is 15.6 Å². The van der Waals surface area contributed by atoms with Crippen molar-refractivity contribution in [1.82, 2.24) is 15.1 Å². The van der Waals surface area contributed by atoms with E-state index in [9.17, 15) is 9.59 Å². The van der Waals surface area contributed by atoms with Gasteiger partial charge in [-0.25, -0.2) is 4.68 Å². The van der Waals surface area contributed by atoms with E-state index >= 15 is 0 Å². The van der Waals surface area contributed by atoms with Gasteiger partial charge in [-0.15, -0.1) is 0 Å². The van der Waals surface area contributed by atoms with E-state index < -0.39 is 0 Å². The number of aryl methyl sites for hydroxylation is 1. The Bertz CT molecular complexity index is 950. The maximum atomic E-state index is 12.3. The van der Waals surface area contributed by atoms with Gasteiger partial charge in [0.1, 0.15) is 18.1 Å². The smallest absolute Gasteiger partial charge is 0.271 e. The Labute approximate surface area is 157 Å². The highest BCUT2D eigenvalue weighted by Gasteiger charge is 2.09. The van der Waals surface area contributed by atoms with Crippen LogP contribution in [0.2, 0.25) is 0 Å². The fraction of sp³-hybridized carbons (Fsp3) is 0.190. The molecule has 0 spiro atoms. The summed E-state index contributed by atoms with van der Waals surface area (Å²) in [4.78, 5) is 24.3. The van der Waals surface area contributed by atoms with Crippen LogP contribution in [0, 0.1) is 6.92 Å². The molecule has 27 heavy (non-hydrogen) atoms. The van der Waals surface area contributed by atoms with Gasteiger partial charge in [-0.2, -0.15) is 5.10 Å². The topological polar surface area (TPSA) is 73.2 Å². The molecule has 6 nitrogen and oxygen atoms in total. The van der Waals surface area contributed by atoms with Gasteiger partial charge in [0, 0.05) is 12.6 Å². The standard InChI is InChI=1S/C21H21N3O3/c1-16-7-9-17(10-8-16)15-22-21(26)19-11-12-20(25)24(23-19)13-14-27-18-5-3-2-4-6-18/h2-12H,13-15H2,1H3,(H,22,26). The molecule has 0 aliphatic carbocycles. The van der Waals surface area contributed by atoms with Gasteiger partial charge in [0.15, 0.2) is 0 Å². The van der Waals surface area contributed by atoms with Crippen molar-refractivity contribution in [3.8, 4) is 5.75 Å². The SMILES string of the molecule is Cc1ccc(CNC(=O)c2ccc(=O)n(CCOc3ccccc3)n2)cc1. The number of amides is 1. The minimum Gasteiger partial charge on any atom is -0.492 e. The average Bonchev–Trinajstić information content (AvgIpc) is 2.69. The van der Waals surface area contributed by atoms with Crippen molar-refractivity contribution in [2.75, 3.05) is 6.61 Å². The number of ether oxygens (including phenoxy) is 1. The number of rotatable bonds is 7. The second-order valence-electron chi connectivity index (χ2n) is 6.11. The molecule has 1 aromatic heterocycles. The molecule has 0 atom stereocenters. The van der Waals surface area contributed by atoms with Crippen molar-refractivity contribution in [1.29, 1.82) is 0 Å². The van der Waals surface area contributed by atoms with E-state index in [0.29, 0.717) is 6.54 Å². The van der Waals surface area contributed by atoms with Crippen LogP contribution in [-0.2, 0) is 13.1 Å². The van der Waals surface area contributed by atoms with E-state index in [4.69, 9.17) is 4.74 Å². The molecule has 0 radical (unpaired) electrons. The predicted molar refractivity (Wildman–Crippen MR) is 103 cm³/mol. The zero-order valence-corrected chi connectivity index (χ0v) is 15.1. The number of hydrogen-bond acceptors (Lipinski definition) is 4. The van der Waals surface area contributed by atoms with Crippen LogP contribution in [0.3, 0.4) is 0 Å². The fourth-order valence-corrected chi connectivity index (χ4v) is 2.48. The van der Waals surface area contributed by atoms with Crippen LogP contribution in [0.5, 0.6) is 5.75 Å². The number of benzene rings is 2. The van der Waals surface area contributed by atoms with Gasteiger partial charge in [0.2, 0.25) is 0 Å². The molecule has 1 amide bonds. The Morgan fingerprint density at radius 2 is 1.78 bits per heavy atom. The summed E-state index contributed by atoms with van der Waals surface area (Å²) in [5, 5.41) is 6.96. The van der Waals surface area contributed by atoms with Crippen molar-refractivity contribution in [3.05, 3.63) is 93.9 Å². The van der Waals surface area contributed by atoms with Gasteiger partial charge in [0.05, 0.1) is 6.54 Å². The van der Waals surface area contributed by atoms with E-state index in [1.165, 1.54) is 16.8 Å². The number of nitrogens with one attached hydrogen (secondary N) is 1. The van der Waals surface area contributed by atoms with Gasteiger partial charge < -0.3 is 10.1 Å². The number of nitrogens with zero attached hydrogens (tertiary/aromatic N) is 2. The molecule has 1 heterocycles. The van der Waals surface area contributed by atoms with E-state index in [1.807, 2.05) is 61.5 Å². The van der Waals surface area contributed by atoms with Crippen LogP contribution in [0.25, 0.3) is 0 Å². The molecule has 2 aromatic carbocycles. The third-order valence-electron chi connectivity index (χ3n) is 3.99. The first kappa shape index (κ1) is 18.4. The third-order valence-corrected chi connectivity index (χ3v) is 3.99. The highest BCUT2D eigenvalue weighted by Crippen LogP contribution is 2.08. The van der Waals surface area contributed by atoms with Crippen molar-refractivity contribution >= 4 is 5.91 Å². The average molecular weight is 363 g/mol. The van der Waals surface area contributed by atoms with Gasteiger partial charge in [-0.3, -0.25) is 9.59 Å². The van der Waals surface area contributed by atoms with Crippen LogP contribution in [0.4, 0.5) is 0 Å². The summed E-state index contributed by atoms with van der Waals surface area (Å²) in [5.41, 5.74) is 2.08. The van der Waals surface area contributed by atoms with Crippen molar-refractivity contribution in [3.63, 3.8) is 0 Å². The summed E-state index contributed by atoms with van der Waals surface area (Å²) in [6.07, 6.45) is 0. The first-order valence-electron chi connectivity index (χ1n) is 8.71. The molecule has 3 rings (SSSR count). The third kappa shape index (κ3) is 5.28. The van der Waals surface area contributed by atoms with E-state index in [1.54, 1.807) is 0 Å². The Kier molecular flexibility index (Phi) is 5.99. The van der Waals surface area contributed by atoms with Crippen LogP contribution >= 0.6 is 0 Å². The second kappa shape index (κ2) is 8.80. The molecule has 0 bridgehead atoms. The zero-order valence-electron chi connectivity index (χ0n) is 15.1. The van der Waals surface area contributed by atoms with E-state index in [0.717, 1.165) is 16.9 Å². The Morgan fingerprint density at radius 3 is 2.52 bits per heavy atom. The fourth-order valence-electron chi connectivity index (χ4n) is 2.48. The molecule has 0 aliphatic rings. The zero-order chi connectivity index (χ0) is 19.1. The largest absolute Gasteiger partial charge is 0.492 e. The number of carbonyl (C=O) groups is 1. The lowest BCUT2D eigenvalue weighted by molar-refractivity contribution is 0.0943. The molecule has 0 aliphatic heterocycles. The predicted octanol–water partition coefficient (Wildman–Crippen LogP) is 2.56. The van der Waals surface area contributed by atoms with Gasteiger partial charge >= 0.3 is 0 Å². The molecule has 0 unspecified atom stereocenters. The number of hydrogen-bond donors (Lipinski definition) is 1. The highest BCUT2D eigenvalue weighted by atomic mass is 16.5. The van der Waals surface area contributed by atoms with Crippen LogP contribution in [0.1, 0.15) is 21.6 Å². The van der Waals surface area contributed by atoms with Gasteiger partial charge in [-0.1, -0.05) is 48.0 Å². The number of aromatic nitrogens is 2. The summed E-state index contributed by atoms with van der Waals surface area (Å²) >= 11 is 0. The minimum atomic E-state index is -0.326. The first-order valence-corrected chi connectivity index (χ1v) is 8.71. The molecule has 3 aromatic rings. The monoisotopic (exact) mass is 363 g/mol. The summed E-state index contributed by atoms with van der Waals surface area (Å²) < 4.78 is 6.82. The Hall–Kier alpha value is -3.41. The molecular weight excluding hydrogens is 342 g/mol. The van der Waals surface area contributed by atoms with E-state index in [-0.39, 0.29) is 30.3 Å². The molecule has 138 valence electrons. The summed E-state index contributed by atoms with van der Waals surface area (Å²) in [7, 11) is 0. The Balaban J connectivity index is 1.59. The maximum Gasteiger partial charge on any atom is 0.271 e. The highest BCUT2D eigenvalue weighted by molar-refractivity contribution is 5.91. The molecule has 6 heteroatoms. The lowest BCUT2D eigenvalue weighted by Gasteiger charge is -2.09. The quantitative estimate of drug-likeness (QED) is 0.700. The lowest BCUT2D eigenvalue weighted by Crippen LogP contribution is -2.30.